The molecule has 6 heteroatoms. The average Bonchev–Trinajstić information content (AvgIpc) is 2.69. The number of aryl methyl sites for hydroxylation is 1. The number of piperidine rings is 1. The van der Waals surface area contributed by atoms with Gasteiger partial charge in [-0.25, -0.2) is 0 Å². The highest BCUT2D eigenvalue weighted by Crippen LogP contribution is 2.25. The topological polar surface area (TPSA) is 75.5 Å². The Kier molecular flexibility index (Phi) is 6.06. The van der Waals surface area contributed by atoms with Crippen LogP contribution in [-0.4, -0.2) is 34.9 Å². The van der Waals surface area contributed by atoms with E-state index in [9.17, 15) is 14.9 Å². The van der Waals surface area contributed by atoms with Crippen molar-refractivity contribution in [2.75, 3.05) is 18.4 Å². The van der Waals surface area contributed by atoms with Crippen molar-refractivity contribution >= 4 is 17.3 Å². The zero-order chi connectivity index (χ0) is 19.2. The van der Waals surface area contributed by atoms with Crippen molar-refractivity contribution in [2.45, 2.75) is 38.6 Å². The SMILES string of the molecule is Cc1ccc(C[C@H](Nc2ccccc2[N+](=O)[O-])C(=O)N2CCCCC2)cc1. The Morgan fingerprint density at radius 3 is 2.44 bits per heavy atom. The third-order valence-corrected chi connectivity index (χ3v) is 4.96. The summed E-state index contributed by atoms with van der Waals surface area (Å²) in [7, 11) is 0. The van der Waals surface area contributed by atoms with Gasteiger partial charge >= 0.3 is 0 Å². The van der Waals surface area contributed by atoms with Gasteiger partial charge in [-0.15, -0.1) is 0 Å². The number of nitrogens with zero attached hydrogens (tertiary/aromatic N) is 2. The van der Waals surface area contributed by atoms with E-state index in [1.54, 1.807) is 18.2 Å². The zero-order valence-electron chi connectivity index (χ0n) is 15.6. The van der Waals surface area contributed by atoms with Gasteiger partial charge < -0.3 is 10.2 Å². The summed E-state index contributed by atoms with van der Waals surface area (Å²) in [5, 5.41) is 14.5. The summed E-state index contributed by atoms with van der Waals surface area (Å²) in [6.45, 7) is 3.52. The quantitative estimate of drug-likeness (QED) is 0.620. The molecule has 0 bridgehead atoms. The van der Waals surface area contributed by atoms with Gasteiger partial charge in [-0.1, -0.05) is 42.0 Å². The van der Waals surface area contributed by atoms with Crippen LogP contribution in [0.15, 0.2) is 48.5 Å². The number of benzene rings is 2. The van der Waals surface area contributed by atoms with Crippen LogP contribution in [0.4, 0.5) is 11.4 Å². The molecule has 1 amide bonds. The molecule has 1 aliphatic heterocycles. The van der Waals surface area contributed by atoms with E-state index < -0.39 is 11.0 Å². The molecule has 0 radical (unpaired) electrons. The van der Waals surface area contributed by atoms with E-state index in [0.29, 0.717) is 12.1 Å². The van der Waals surface area contributed by atoms with E-state index in [1.165, 1.54) is 6.07 Å². The van der Waals surface area contributed by atoms with Crippen LogP contribution < -0.4 is 5.32 Å². The molecule has 2 aromatic carbocycles. The summed E-state index contributed by atoms with van der Waals surface area (Å²) in [5.41, 5.74) is 2.55. The van der Waals surface area contributed by atoms with Crippen LogP contribution in [-0.2, 0) is 11.2 Å². The minimum atomic E-state index is -0.535. The number of likely N-dealkylation sites (tertiary alicyclic amines) is 1. The van der Waals surface area contributed by atoms with E-state index >= 15 is 0 Å². The fraction of sp³-hybridized carbons (Fsp3) is 0.381. The summed E-state index contributed by atoms with van der Waals surface area (Å²) in [6.07, 6.45) is 3.65. The van der Waals surface area contributed by atoms with E-state index in [2.05, 4.69) is 5.32 Å². The Labute approximate surface area is 159 Å². The lowest BCUT2D eigenvalue weighted by atomic mass is 10.0. The van der Waals surface area contributed by atoms with E-state index in [0.717, 1.165) is 43.5 Å². The Balaban J connectivity index is 1.85. The number of hydrogen-bond acceptors (Lipinski definition) is 4. The van der Waals surface area contributed by atoms with Gasteiger partial charge in [0.05, 0.1) is 4.92 Å². The first-order chi connectivity index (χ1) is 13.0. The Morgan fingerprint density at radius 1 is 1.11 bits per heavy atom. The summed E-state index contributed by atoms with van der Waals surface area (Å²) < 4.78 is 0. The largest absolute Gasteiger partial charge is 0.368 e. The van der Waals surface area contributed by atoms with Crippen molar-refractivity contribution in [3.8, 4) is 0 Å². The molecule has 1 fully saturated rings. The lowest BCUT2D eigenvalue weighted by Crippen LogP contribution is -2.46. The number of carbonyl (C=O) groups is 1. The maximum absolute atomic E-state index is 13.1. The van der Waals surface area contributed by atoms with Crippen LogP contribution >= 0.6 is 0 Å². The number of nitro benzene ring substituents is 1. The first-order valence-corrected chi connectivity index (χ1v) is 9.39. The van der Waals surface area contributed by atoms with Gasteiger partial charge in [-0.2, -0.15) is 0 Å². The van der Waals surface area contributed by atoms with Crippen molar-refractivity contribution < 1.29 is 9.72 Å². The molecule has 27 heavy (non-hydrogen) atoms. The first kappa shape index (κ1) is 18.9. The van der Waals surface area contributed by atoms with Crippen molar-refractivity contribution in [2.24, 2.45) is 0 Å². The number of rotatable bonds is 6. The highest BCUT2D eigenvalue weighted by atomic mass is 16.6. The molecule has 1 atom stereocenters. The number of nitrogens with one attached hydrogen (secondary N) is 1. The molecular weight excluding hydrogens is 342 g/mol. The second-order valence-corrected chi connectivity index (χ2v) is 7.05. The maximum atomic E-state index is 13.1. The van der Waals surface area contributed by atoms with E-state index in [1.807, 2.05) is 36.1 Å². The number of carbonyl (C=O) groups excluding carboxylic acids is 1. The van der Waals surface area contributed by atoms with Crippen molar-refractivity contribution in [1.82, 2.24) is 4.90 Å². The number of nitro groups is 1. The minimum Gasteiger partial charge on any atom is -0.368 e. The third kappa shape index (κ3) is 4.84. The van der Waals surface area contributed by atoms with Crippen LogP contribution in [0.3, 0.4) is 0 Å². The molecular formula is C21H25N3O3. The molecule has 6 nitrogen and oxygen atoms in total. The summed E-state index contributed by atoms with van der Waals surface area (Å²) in [6, 6.07) is 14.0. The van der Waals surface area contributed by atoms with Crippen LogP contribution in [0.25, 0.3) is 0 Å². The number of anilines is 1. The second-order valence-electron chi connectivity index (χ2n) is 7.05. The molecule has 1 heterocycles. The van der Waals surface area contributed by atoms with E-state index in [-0.39, 0.29) is 11.6 Å². The van der Waals surface area contributed by atoms with Crippen LogP contribution in [0.5, 0.6) is 0 Å². The Morgan fingerprint density at radius 2 is 1.78 bits per heavy atom. The van der Waals surface area contributed by atoms with Gasteiger partial charge in [0.25, 0.3) is 5.69 Å². The summed E-state index contributed by atoms with van der Waals surface area (Å²) in [4.78, 5) is 25.9. The van der Waals surface area contributed by atoms with Crippen LogP contribution in [0.2, 0.25) is 0 Å². The summed E-state index contributed by atoms with van der Waals surface area (Å²) in [5.74, 6) is 0.00780. The van der Waals surface area contributed by atoms with Crippen molar-refractivity contribution in [1.29, 1.82) is 0 Å². The molecule has 3 rings (SSSR count). The fourth-order valence-electron chi connectivity index (χ4n) is 3.44. The monoisotopic (exact) mass is 367 g/mol. The molecule has 0 spiro atoms. The molecule has 1 aliphatic rings. The van der Waals surface area contributed by atoms with Gasteiger partial charge in [0.15, 0.2) is 0 Å². The highest BCUT2D eigenvalue weighted by molar-refractivity contribution is 5.86. The standard InChI is InChI=1S/C21H25N3O3/c1-16-9-11-17(12-10-16)15-19(21(25)23-13-5-2-6-14-23)22-18-7-3-4-8-20(18)24(26)27/h3-4,7-12,19,22H,2,5-6,13-15H2,1H3/t19-/m0/s1. The predicted octanol–water partition coefficient (Wildman–Crippen LogP) is 3.94. The first-order valence-electron chi connectivity index (χ1n) is 9.39. The number of hydrogen-bond donors (Lipinski definition) is 1. The maximum Gasteiger partial charge on any atom is 0.292 e. The lowest BCUT2D eigenvalue weighted by molar-refractivity contribution is -0.384. The summed E-state index contributed by atoms with van der Waals surface area (Å²) >= 11 is 0. The highest BCUT2D eigenvalue weighted by Gasteiger charge is 2.27. The van der Waals surface area contributed by atoms with Crippen LogP contribution in [0, 0.1) is 17.0 Å². The molecule has 142 valence electrons. The van der Waals surface area contributed by atoms with Gasteiger partial charge in [0.2, 0.25) is 5.91 Å². The Bertz CT molecular complexity index is 799. The molecule has 1 N–H and O–H groups in total. The number of para-hydroxylation sites is 2. The molecule has 1 saturated heterocycles. The molecule has 0 aliphatic carbocycles. The zero-order valence-corrected chi connectivity index (χ0v) is 15.6. The fourth-order valence-corrected chi connectivity index (χ4v) is 3.44. The number of amides is 1. The smallest absolute Gasteiger partial charge is 0.292 e. The Hall–Kier alpha value is -2.89. The van der Waals surface area contributed by atoms with Gasteiger partial charge in [0, 0.05) is 25.6 Å². The van der Waals surface area contributed by atoms with Gasteiger partial charge in [-0.3, -0.25) is 14.9 Å². The lowest BCUT2D eigenvalue weighted by Gasteiger charge is -2.31. The third-order valence-electron chi connectivity index (χ3n) is 4.96. The van der Waals surface area contributed by atoms with Crippen molar-refractivity contribution in [3.63, 3.8) is 0 Å². The van der Waals surface area contributed by atoms with Crippen molar-refractivity contribution in [3.05, 3.63) is 69.8 Å². The molecule has 0 aromatic heterocycles. The second kappa shape index (κ2) is 8.66. The van der Waals surface area contributed by atoms with E-state index in [4.69, 9.17) is 0 Å². The minimum absolute atomic E-state index is 0.00780. The molecule has 0 unspecified atom stereocenters. The molecule has 0 saturated carbocycles. The average molecular weight is 367 g/mol. The van der Waals surface area contributed by atoms with Gasteiger partial charge in [-0.05, 0) is 37.8 Å². The predicted molar refractivity (Wildman–Crippen MR) is 106 cm³/mol. The van der Waals surface area contributed by atoms with Gasteiger partial charge in [0.1, 0.15) is 11.7 Å². The van der Waals surface area contributed by atoms with Crippen LogP contribution in [0.1, 0.15) is 30.4 Å². The molecule has 2 aromatic rings. The normalized spacial score (nSPS) is 15.2.